The zero-order chi connectivity index (χ0) is 13.1. The molecule has 0 fully saturated rings. The van der Waals surface area contributed by atoms with Crippen LogP contribution < -0.4 is 15.4 Å². The number of ether oxygens (including phenoxy) is 1. The minimum absolute atomic E-state index is 0.289. The molecule has 2 rings (SSSR count). The summed E-state index contributed by atoms with van der Waals surface area (Å²) in [6.07, 6.45) is 2.38. The maximum atomic E-state index is 6.06. The summed E-state index contributed by atoms with van der Waals surface area (Å²) in [5, 5.41) is 0. The van der Waals surface area contributed by atoms with Crippen LogP contribution in [0.15, 0.2) is 18.2 Å². The molecule has 0 saturated heterocycles. The van der Waals surface area contributed by atoms with E-state index < -0.39 is 0 Å². The molecule has 0 radical (unpaired) electrons. The van der Waals surface area contributed by atoms with Gasteiger partial charge in [-0.15, -0.1) is 0 Å². The predicted octanol–water partition coefficient (Wildman–Crippen LogP) is 2.43. The van der Waals surface area contributed by atoms with E-state index in [1.165, 1.54) is 11.3 Å². The Morgan fingerprint density at radius 3 is 2.89 bits per heavy atom. The highest BCUT2D eigenvalue weighted by Crippen LogP contribution is 2.35. The predicted molar refractivity (Wildman–Crippen MR) is 76.3 cm³/mol. The molecule has 18 heavy (non-hydrogen) atoms. The van der Waals surface area contributed by atoms with Crippen LogP contribution in [0.4, 0.5) is 5.69 Å². The molecular weight excluding hydrogens is 224 g/mol. The number of nitrogens with zero attached hydrogens (tertiary/aromatic N) is 1. The molecule has 0 aromatic heterocycles. The van der Waals surface area contributed by atoms with Crippen LogP contribution in [-0.4, -0.2) is 26.2 Å². The van der Waals surface area contributed by atoms with Crippen LogP contribution in [0.1, 0.15) is 25.8 Å². The van der Waals surface area contributed by atoms with E-state index in [1.54, 1.807) is 0 Å². The van der Waals surface area contributed by atoms with E-state index >= 15 is 0 Å². The lowest BCUT2D eigenvalue weighted by Gasteiger charge is -2.36. The number of likely N-dealkylation sites (N-methyl/N-ethyl adjacent to an activating group) is 1. The molecule has 1 heterocycles. The Hall–Kier alpha value is -1.22. The van der Waals surface area contributed by atoms with Crippen LogP contribution in [-0.2, 0) is 6.42 Å². The smallest absolute Gasteiger partial charge is 0.143 e. The minimum atomic E-state index is 0.289. The summed E-state index contributed by atoms with van der Waals surface area (Å²) >= 11 is 0. The third-order valence-electron chi connectivity index (χ3n) is 3.58. The number of nitrogens with two attached hydrogens (primary N) is 1. The quantitative estimate of drug-likeness (QED) is 0.889. The van der Waals surface area contributed by atoms with E-state index in [1.807, 2.05) is 0 Å². The number of anilines is 1. The second-order valence-corrected chi connectivity index (χ2v) is 5.48. The van der Waals surface area contributed by atoms with E-state index in [0.29, 0.717) is 5.92 Å². The Morgan fingerprint density at radius 2 is 2.22 bits per heavy atom. The molecule has 3 nitrogen and oxygen atoms in total. The highest BCUT2D eigenvalue weighted by atomic mass is 16.5. The first kappa shape index (κ1) is 13.2. The number of fused-ring (bicyclic) bond motifs is 1. The second kappa shape index (κ2) is 5.61. The monoisotopic (exact) mass is 248 g/mol. The van der Waals surface area contributed by atoms with Gasteiger partial charge < -0.3 is 15.4 Å². The lowest BCUT2D eigenvalue weighted by atomic mass is 10.0. The maximum absolute atomic E-state index is 6.06. The molecule has 0 saturated carbocycles. The normalized spacial score (nSPS) is 18.7. The highest BCUT2D eigenvalue weighted by molar-refractivity contribution is 5.61. The molecule has 3 heteroatoms. The summed E-state index contributed by atoms with van der Waals surface area (Å²) in [5.41, 5.74) is 8.11. The summed E-state index contributed by atoms with van der Waals surface area (Å²) < 4.78 is 6.06. The number of benzene rings is 1. The van der Waals surface area contributed by atoms with Crippen molar-refractivity contribution in [1.29, 1.82) is 0 Å². The van der Waals surface area contributed by atoms with Crippen molar-refractivity contribution in [2.24, 2.45) is 11.7 Å². The average molecular weight is 248 g/mol. The van der Waals surface area contributed by atoms with Gasteiger partial charge in [0.1, 0.15) is 11.9 Å². The van der Waals surface area contributed by atoms with Gasteiger partial charge in [0.25, 0.3) is 0 Å². The van der Waals surface area contributed by atoms with Gasteiger partial charge in [-0.1, -0.05) is 19.9 Å². The first-order chi connectivity index (χ1) is 8.61. The van der Waals surface area contributed by atoms with Crippen molar-refractivity contribution < 1.29 is 4.74 Å². The van der Waals surface area contributed by atoms with Gasteiger partial charge in [0.05, 0.1) is 12.2 Å². The average Bonchev–Trinajstić information content (AvgIpc) is 2.36. The van der Waals surface area contributed by atoms with Gasteiger partial charge in [-0.2, -0.15) is 0 Å². The SMILES string of the molecule is CC(C)C1CN(C)c2cc(CCCN)ccc2O1. The number of hydrogen-bond acceptors (Lipinski definition) is 3. The molecule has 1 aromatic carbocycles. The molecule has 1 aromatic rings. The van der Waals surface area contributed by atoms with Crippen molar-refractivity contribution in [1.82, 2.24) is 0 Å². The second-order valence-electron chi connectivity index (χ2n) is 5.48. The van der Waals surface area contributed by atoms with Gasteiger partial charge in [0.15, 0.2) is 0 Å². The molecule has 1 aliphatic rings. The standard InChI is InChI=1S/C15H24N2O/c1-11(2)15-10-17(3)13-9-12(5-4-8-16)6-7-14(13)18-15/h6-7,9,11,15H,4-5,8,10,16H2,1-3H3. The largest absolute Gasteiger partial charge is 0.486 e. The van der Waals surface area contributed by atoms with Crippen LogP contribution in [0.3, 0.4) is 0 Å². The van der Waals surface area contributed by atoms with Crippen molar-refractivity contribution in [3.8, 4) is 5.75 Å². The van der Waals surface area contributed by atoms with Crippen LogP contribution >= 0.6 is 0 Å². The van der Waals surface area contributed by atoms with E-state index in [2.05, 4.69) is 44.0 Å². The first-order valence-corrected chi connectivity index (χ1v) is 6.82. The zero-order valence-corrected chi connectivity index (χ0v) is 11.6. The Bertz CT molecular complexity index is 403. The van der Waals surface area contributed by atoms with Crippen molar-refractivity contribution in [3.05, 3.63) is 23.8 Å². The molecule has 0 bridgehead atoms. The molecule has 0 amide bonds. The van der Waals surface area contributed by atoms with E-state index in [9.17, 15) is 0 Å². The Labute approximate surface area is 110 Å². The molecule has 1 unspecified atom stereocenters. The van der Waals surface area contributed by atoms with Crippen LogP contribution in [0.2, 0.25) is 0 Å². The number of rotatable bonds is 4. The molecule has 1 aliphatic heterocycles. The minimum Gasteiger partial charge on any atom is -0.486 e. The molecular formula is C15H24N2O. The molecule has 2 N–H and O–H groups in total. The molecule has 100 valence electrons. The highest BCUT2D eigenvalue weighted by Gasteiger charge is 2.25. The van der Waals surface area contributed by atoms with Crippen molar-refractivity contribution in [2.45, 2.75) is 32.8 Å². The third-order valence-corrected chi connectivity index (χ3v) is 3.58. The molecule has 0 aliphatic carbocycles. The van der Waals surface area contributed by atoms with E-state index in [4.69, 9.17) is 10.5 Å². The van der Waals surface area contributed by atoms with Crippen LogP contribution in [0.25, 0.3) is 0 Å². The Morgan fingerprint density at radius 1 is 1.44 bits per heavy atom. The van der Waals surface area contributed by atoms with Gasteiger partial charge in [0, 0.05) is 7.05 Å². The fourth-order valence-electron chi connectivity index (χ4n) is 2.34. The van der Waals surface area contributed by atoms with Gasteiger partial charge in [-0.25, -0.2) is 0 Å². The summed E-state index contributed by atoms with van der Waals surface area (Å²) in [6, 6.07) is 6.50. The van der Waals surface area contributed by atoms with E-state index in [-0.39, 0.29) is 6.10 Å². The number of aryl methyl sites for hydroxylation is 1. The van der Waals surface area contributed by atoms with E-state index in [0.717, 1.165) is 31.7 Å². The summed E-state index contributed by atoms with van der Waals surface area (Å²) in [5.74, 6) is 1.55. The summed E-state index contributed by atoms with van der Waals surface area (Å²) in [4.78, 5) is 2.30. The summed E-state index contributed by atoms with van der Waals surface area (Å²) in [6.45, 7) is 6.13. The van der Waals surface area contributed by atoms with Gasteiger partial charge in [0.2, 0.25) is 0 Å². The molecule has 1 atom stereocenters. The van der Waals surface area contributed by atoms with Gasteiger partial charge >= 0.3 is 0 Å². The third kappa shape index (κ3) is 2.78. The number of hydrogen-bond donors (Lipinski definition) is 1. The lowest BCUT2D eigenvalue weighted by Crippen LogP contribution is -2.40. The van der Waals surface area contributed by atoms with Crippen molar-refractivity contribution >= 4 is 5.69 Å². The fourth-order valence-corrected chi connectivity index (χ4v) is 2.34. The lowest BCUT2D eigenvalue weighted by molar-refractivity contribution is 0.147. The van der Waals surface area contributed by atoms with Crippen LogP contribution in [0.5, 0.6) is 5.75 Å². The van der Waals surface area contributed by atoms with Gasteiger partial charge in [-0.3, -0.25) is 0 Å². The zero-order valence-electron chi connectivity index (χ0n) is 11.6. The van der Waals surface area contributed by atoms with Crippen LogP contribution in [0, 0.1) is 5.92 Å². The summed E-state index contributed by atoms with van der Waals surface area (Å²) in [7, 11) is 2.14. The fraction of sp³-hybridized carbons (Fsp3) is 0.600. The maximum Gasteiger partial charge on any atom is 0.143 e. The Balaban J connectivity index is 2.18. The topological polar surface area (TPSA) is 38.5 Å². The first-order valence-electron chi connectivity index (χ1n) is 6.82. The van der Waals surface area contributed by atoms with Crippen molar-refractivity contribution in [2.75, 3.05) is 25.0 Å². The Kier molecular flexibility index (Phi) is 4.12. The van der Waals surface area contributed by atoms with Crippen molar-refractivity contribution in [3.63, 3.8) is 0 Å². The molecule has 0 spiro atoms. The van der Waals surface area contributed by atoms with Gasteiger partial charge in [-0.05, 0) is 43.0 Å².